The molecule has 1 N–H and O–H groups in total. The third-order valence-corrected chi connectivity index (χ3v) is 4.86. The van der Waals surface area contributed by atoms with Crippen LogP contribution in [0.2, 0.25) is 0 Å². The molecular weight excluding hydrogens is 365 g/mol. The number of amides is 1. The zero-order valence-electron chi connectivity index (χ0n) is 16.0. The third-order valence-electron chi connectivity index (χ3n) is 3.86. The smallest absolute Gasteiger partial charge is 0.230 e. The van der Waals surface area contributed by atoms with Crippen LogP contribution in [0.1, 0.15) is 37.9 Å². The maximum Gasteiger partial charge on any atom is 0.230 e. The van der Waals surface area contributed by atoms with E-state index < -0.39 is 0 Å². The van der Waals surface area contributed by atoms with Crippen LogP contribution in [0.4, 0.5) is 4.39 Å². The lowest BCUT2D eigenvalue weighted by Crippen LogP contribution is -2.28. The predicted octanol–water partition coefficient (Wildman–Crippen LogP) is 4.73. The van der Waals surface area contributed by atoms with Crippen LogP contribution >= 0.6 is 11.8 Å². The Labute approximate surface area is 164 Å². The van der Waals surface area contributed by atoms with E-state index in [1.54, 1.807) is 12.1 Å². The van der Waals surface area contributed by atoms with Gasteiger partial charge in [-0.1, -0.05) is 18.2 Å². The van der Waals surface area contributed by atoms with Crippen LogP contribution in [0.25, 0.3) is 0 Å². The van der Waals surface area contributed by atoms with Gasteiger partial charge in [0, 0.05) is 5.75 Å². The number of carbonyl (C=O) groups excluding carboxylic acids is 1. The third kappa shape index (κ3) is 6.79. The lowest BCUT2D eigenvalue weighted by Gasteiger charge is -2.17. The molecule has 0 heterocycles. The number of nitrogens with one attached hydrogen (secondary N) is 1. The summed E-state index contributed by atoms with van der Waals surface area (Å²) in [5.41, 5.74) is 1.95. The number of ether oxygens (including phenoxy) is 2. The Bertz CT molecular complexity index is 737. The van der Waals surface area contributed by atoms with Crippen molar-refractivity contribution in [1.29, 1.82) is 0 Å². The molecule has 6 heteroatoms. The van der Waals surface area contributed by atoms with Gasteiger partial charge in [0.2, 0.25) is 5.91 Å². The van der Waals surface area contributed by atoms with Gasteiger partial charge in [-0.25, -0.2) is 4.39 Å². The summed E-state index contributed by atoms with van der Waals surface area (Å²) in [7, 11) is 0. The van der Waals surface area contributed by atoms with Crippen molar-refractivity contribution in [1.82, 2.24) is 5.32 Å². The lowest BCUT2D eigenvalue weighted by atomic mass is 10.1. The minimum Gasteiger partial charge on any atom is -0.490 e. The Balaban J connectivity index is 1.87. The summed E-state index contributed by atoms with van der Waals surface area (Å²) in [6.07, 6.45) is 0. The summed E-state index contributed by atoms with van der Waals surface area (Å²) in [5.74, 6) is 2.11. The van der Waals surface area contributed by atoms with Gasteiger partial charge in [0.1, 0.15) is 5.82 Å². The van der Waals surface area contributed by atoms with Gasteiger partial charge in [0.25, 0.3) is 0 Å². The van der Waals surface area contributed by atoms with E-state index in [0.717, 1.165) is 11.1 Å². The molecule has 0 radical (unpaired) electrons. The molecule has 2 aromatic carbocycles. The molecule has 1 amide bonds. The molecule has 0 fully saturated rings. The summed E-state index contributed by atoms with van der Waals surface area (Å²) in [6, 6.07) is 11.9. The maximum absolute atomic E-state index is 12.9. The molecule has 1 atom stereocenters. The molecule has 0 saturated heterocycles. The highest BCUT2D eigenvalue weighted by atomic mass is 32.2. The molecule has 2 aromatic rings. The number of rotatable bonds is 10. The molecule has 146 valence electrons. The van der Waals surface area contributed by atoms with Gasteiger partial charge in [-0.3, -0.25) is 4.79 Å². The van der Waals surface area contributed by atoms with Crippen molar-refractivity contribution < 1.29 is 18.7 Å². The van der Waals surface area contributed by atoms with Gasteiger partial charge in [-0.15, -0.1) is 11.8 Å². The highest BCUT2D eigenvalue weighted by Gasteiger charge is 2.13. The monoisotopic (exact) mass is 391 g/mol. The summed E-state index contributed by atoms with van der Waals surface area (Å²) in [5, 5.41) is 3.00. The molecule has 0 saturated carbocycles. The summed E-state index contributed by atoms with van der Waals surface area (Å²) < 4.78 is 24.1. The number of thioether (sulfide) groups is 1. The van der Waals surface area contributed by atoms with Crippen molar-refractivity contribution in [2.75, 3.05) is 19.0 Å². The number of hydrogen-bond acceptors (Lipinski definition) is 4. The van der Waals surface area contributed by atoms with Crippen molar-refractivity contribution >= 4 is 17.7 Å². The van der Waals surface area contributed by atoms with E-state index in [4.69, 9.17) is 9.47 Å². The number of carbonyl (C=O) groups is 1. The fraction of sp³-hybridized carbons (Fsp3) is 0.381. The molecule has 0 aliphatic heterocycles. The van der Waals surface area contributed by atoms with Crippen LogP contribution in [0, 0.1) is 5.82 Å². The number of halogens is 1. The van der Waals surface area contributed by atoms with E-state index in [2.05, 4.69) is 5.32 Å². The maximum atomic E-state index is 12.9. The van der Waals surface area contributed by atoms with Crippen LogP contribution in [0.3, 0.4) is 0 Å². The van der Waals surface area contributed by atoms with Crippen LogP contribution < -0.4 is 14.8 Å². The topological polar surface area (TPSA) is 47.6 Å². The van der Waals surface area contributed by atoms with E-state index in [-0.39, 0.29) is 17.8 Å². The standard InChI is InChI=1S/C21H26FNO3S/c1-4-25-19-11-8-17(12-20(19)26-5-2)15(3)23-21(24)14-27-13-16-6-9-18(22)10-7-16/h6-12,15H,4-5,13-14H2,1-3H3,(H,23,24)/t15-/m1/s1. The molecule has 0 spiro atoms. The molecule has 0 aliphatic rings. The number of benzene rings is 2. The molecule has 0 unspecified atom stereocenters. The van der Waals surface area contributed by atoms with Crippen LogP contribution in [0.5, 0.6) is 11.5 Å². The first-order chi connectivity index (χ1) is 13.0. The SMILES string of the molecule is CCOc1ccc([C@@H](C)NC(=O)CSCc2ccc(F)cc2)cc1OCC. The quantitative estimate of drug-likeness (QED) is 0.636. The normalized spacial score (nSPS) is 11.7. The average molecular weight is 392 g/mol. The Hall–Kier alpha value is -2.21. The minimum absolute atomic E-state index is 0.0403. The van der Waals surface area contributed by atoms with E-state index in [0.29, 0.717) is 36.2 Å². The molecular formula is C21H26FNO3S. The van der Waals surface area contributed by atoms with E-state index in [1.807, 2.05) is 39.0 Å². The van der Waals surface area contributed by atoms with E-state index in [1.165, 1.54) is 23.9 Å². The highest BCUT2D eigenvalue weighted by Crippen LogP contribution is 2.30. The number of hydrogen-bond donors (Lipinski definition) is 1. The lowest BCUT2D eigenvalue weighted by molar-refractivity contribution is -0.119. The second kappa shape index (κ2) is 10.8. The van der Waals surface area contributed by atoms with Crippen molar-refractivity contribution in [2.24, 2.45) is 0 Å². The van der Waals surface area contributed by atoms with E-state index >= 15 is 0 Å². The predicted molar refractivity (Wildman–Crippen MR) is 108 cm³/mol. The van der Waals surface area contributed by atoms with Gasteiger partial charge >= 0.3 is 0 Å². The fourth-order valence-electron chi connectivity index (χ4n) is 2.55. The van der Waals surface area contributed by atoms with Crippen LogP contribution in [-0.2, 0) is 10.5 Å². The molecule has 0 aromatic heterocycles. The molecule has 27 heavy (non-hydrogen) atoms. The van der Waals surface area contributed by atoms with Gasteiger partial charge in [-0.05, 0) is 56.2 Å². The highest BCUT2D eigenvalue weighted by molar-refractivity contribution is 7.99. The second-order valence-electron chi connectivity index (χ2n) is 5.98. The summed E-state index contributed by atoms with van der Waals surface area (Å²) >= 11 is 1.50. The summed E-state index contributed by atoms with van der Waals surface area (Å²) in [4.78, 5) is 12.2. The zero-order valence-corrected chi connectivity index (χ0v) is 16.8. The van der Waals surface area contributed by atoms with Crippen molar-refractivity contribution in [2.45, 2.75) is 32.6 Å². The molecule has 4 nitrogen and oxygen atoms in total. The Morgan fingerprint density at radius 3 is 2.41 bits per heavy atom. The van der Waals surface area contributed by atoms with Crippen LogP contribution in [0.15, 0.2) is 42.5 Å². The molecule has 2 rings (SSSR count). The Morgan fingerprint density at radius 2 is 1.74 bits per heavy atom. The first-order valence-electron chi connectivity index (χ1n) is 9.04. The summed E-state index contributed by atoms with van der Waals surface area (Å²) in [6.45, 7) is 6.90. The van der Waals surface area contributed by atoms with Gasteiger partial charge in [0.15, 0.2) is 11.5 Å². The zero-order chi connectivity index (χ0) is 19.6. The van der Waals surface area contributed by atoms with Gasteiger partial charge < -0.3 is 14.8 Å². The van der Waals surface area contributed by atoms with Gasteiger partial charge in [0.05, 0.1) is 25.0 Å². The average Bonchev–Trinajstić information content (AvgIpc) is 2.65. The van der Waals surface area contributed by atoms with Crippen LogP contribution in [-0.4, -0.2) is 24.9 Å². The first-order valence-corrected chi connectivity index (χ1v) is 10.2. The van der Waals surface area contributed by atoms with E-state index in [9.17, 15) is 9.18 Å². The second-order valence-corrected chi connectivity index (χ2v) is 6.97. The largest absolute Gasteiger partial charge is 0.490 e. The van der Waals surface area contributed by atoms with Crippen molar-refractivity contribution in [3.05, 3.63) is 59.4 Å². The Morgan fingerprint density at radius 1 is 1.07 bits per heavy atom. The minimum atomic E-state index is -0.253. The first kappa shape index (κ1) is 21.1. The van der Waals surface area contributed by atoms with Crippen molar-refractivity contribution in [3.63, 3.8) is 0 Å². The fourth-order valence-corrected chi connectivity index (χ4v) is 3.34. The van der Waals surface area contributed by atoms with Crippen molar-refractivity contribution in [3.8, 4) is 11.5 Å². The Kier molecular flexibility index (Phi) is 8.45. The molecule has 0 aliphatic carbocycles. The van der Waals surface area contributed by atoms with Gasteiger partial charge in [-0.2, -0.15) is 0 Å². The molecule has 0 bridgehead atoms.